The molecule has 0 bridgehead atoms. The van der Waals surface area contributed by atoms with Crippen molar-refractivity contribution in [1.29, 1.82) is 0 Å². The Morgan fingerprint density at radius 1 is 1.24 bits per heavy atom. The van der Waals surface area contributed by atoms with E-state index < -0.39 is 5.60 Å². The first-order valence-electron chi connectivity index (χ1n) is 7.42. The van der Waals surface area contributed by atoms with Gasteiger partial charge in [0.05, 0.1) is 5.60 Å². The number of rotatable bonds is 5. The molecule has 4 heteroatoms. The maximum Gasteiger partial charge on any atom is 0.131 e. The SMILES string of the molecule is OC1(CNCc2ccc(F)c(-c3cccs3)c2)CCCC1. The molecule has 3 rings (SSSR count). The van der Waals surface area contributed by atoms with Crippen LogP contribution in [0.1, 0.15) is 31.2 Å². The van der Waals surface area contributed by atoms with Crippen molar-refractivity contribution in [2.24, 2.45) is 0 Å². The average Bonchev–Trinajstić information content (AvgIpc) is 3.12. The molecule has 0 unspecified atom stereocenters. The van der Waals surface area contributed by atoms with Gasteiger partial charge in [0.2, 0.25) is 0 Å². The summed E-state index contributed by atoms with van der Waals surface area (Å²) < 4.78 is 13.9. The van der Waals surface area contributed by atoms with E-state index in [1.165, 1.54) is 6.07 Å². The fraction of sp³-hybridized carbons (Fsp3) is 0.412. The van der Waals surface area contributed by atoms with Gasteiger partial charge in [-0.25, -0.2) is 4.39 Å². The van der Waals surface area contributed by atoms with Crippen LogP contribution in [0.4, 0.5) is 4.39 Å². The van der Waals surface area contributed by atoms with Gasteiger partial charge in [-0.1, -0.05) is 25.0 Å². The number of aliphatic hydroxyl groups is 1. The van der Waals surface area contributed by atoms with Crippen molar-refractivity contribution in [2.75, 3.05) is 6.54 Å². The lowest BCUT2D eigenvalue weighted by molar-refractivity contribution is 0.0475. The lowest BCUT2D eigenvalue weighted by Crippen LogP contribution is -2.37. The van der Waals surface area contributed by atoms with E-state index in [9.17, 15) is 9.50 Å². The van der Waals surface area contributed by atoms with Gasteiger partial charge in [0.1, 0.15) is 5.82 Å². The van der Waals surface area contributed by atoms with Crippen LogP contribution >= 0.6 is 11.3 Å². The minimum absolute atomic E-state index is 0.185. The average molecular weight is 305 g/mol. The first-order chi connectivity index (χ1) is 10.2. The van der Waals surface area contributed by atoms with Crippen molar-refractivity contribution in [3.8, 4) is 10.4 Å². The molecule has 0 amide bonds. The molecule has 1 aliphatic carbocycles. The lowest BCUT2D eigenvalue weighted by Gasteiger charge is -2.22. The summed E-state index contributed by atoms with van der Waals surface area (Å²) in [6.45, 7) is 1.26. The van der Waals surface area contributed by atoms with Crippen LogP contribution < -0.4 is 5.32 Å². The zero-order chi connectivity index (χ0) is 14.7. The van der Waals surface area contributed by atoms with Gasteiger partial charge in [0.25, 0.3) is 0 Å². The molecule has 0 spiro atoms. The molecule has 112 valence electrons. The van der Waals surface area contributed by atoms with Crippen molar-refractivity contribution in [1.82, 2.24) is 5.32 Å². The Morgan fingerprint density at radius 2 is 2.05 bits per heavy atom. The summed E-state index contributed by atoms with van der Waals surface area (Å²) >= 11 is 1.54. The van der Waals surface area contributed by atoms with Gasteiger partial charge in [0, 0.05) is 23.5 Å². The summed E-state index contributed by atoms with van der Waals surface area (Å²) in [7, 11) is 0. The van der Waals surface area contributed by atoms with Gasteiger partial charge in [-0.15, -0.1) is 11.3 Å². The monoisotopic (exact) mass is 305 g/mol. The first kappa shape index (κ1) is 14.7. The second-order valence-electron chi connectivity index (χ2n) is 5.83. The van der Waals surface area contributed by atoms with Gasteiger partial charge in [-0.3, -0.25) is 0 Å². The molecule has 0 saturated heterocycles. The van der Waals surface area contributed by atoms with Crippen LogP contribution in [-0.2, 0) is 6.54 Å². The van der Waals surface area contributed by atoms with Crippen LogP contribution in [0.15, 0.2) is 35.7 Å². The van der Waals surface area contributed by atoms with E-state index in [-0.39, 0.29) is 5.82 Å². The summed E-state index contributed by atoms with van der Waals surface area (Å²) in [4.78, 5) is 0.948. The topological polar surface area (TPSA) is 32.3 Å². The van der Waals surface area contributed by atoms with E-state index in [2.05, 4.69) is 5.32 Å². The predicted octanol–water partition coefficient (Wildman–Crippen LogP) is 3.95. The summed E-state index contributed by atoms with van der Waals surface area (Å²) in [5.74, 6) is -0.185. The van der Waals surface area contributed by atoms with E-state index in [4.69, 9.17) is 0 Å². The van der Waals surface area contributed by atoms with E-state index >= 15 is 0 Å². The highest BCUT2D eigenvalue weighted by atomic mass is 32.1. The second-order valence-corrected chi connectivity index (χ2v) is 6.77. The van der Waals surface area contributed by atoms with Crippen LogP contribution in [-0.4, -0.2) is 17.3 Å². The highest BCUT2D eigenvalue weighted by molar-refractivity contribution is 7.13. The molecule has 2 nitrogen and oxygen atoms in total. The van der Waals surface area contributed by atoms with E-state index in [0.717, 1.165) is 36.1 Å². The van der Waals surface area contributed by atoms with Crippen LogP contribution in [0.25, 0.3) is 10.4 Å². The molecule has 1 fully saturated rings. The zero-order valence-corrected chi connectivity index (χ0v) is 12.8. The largest absolute Gasteiger partial charge is 0.389 e. The minimum Gasteiger partial charge on any atom is -0.389 e. The molecule has 1 aromatic carbocycles. The summed E-state index contributed by atoms with van der Waals surface area (Å²) in [5.41, 5.74) is 1.15. The van der Waals surface area contributed by atoms with Crippen molar-refractivity contribution in [3.05, 3.63) is 47.1 Å². The fourth-order valence-electron chi connectivity index (χ4n) is 2.95. The first-order valence-corrected chi connectivity index (χ1v) is 8.30. The van der Waals surface area contributed by atoms with Crippen LogP contribution in [0.5, 0.6) is 0 Å². The Kier molecular flexibility index (Phi) is 4.38. The quantitative estimate of drug-likeness (QED) is 0.876. The van der Waals surface area contributed by atoms with Gasteiger partial charge >= 0.3 is 0 Å². The zero-order valence-electron chi connectivity index (χ0n) is 11.9. The number of hydrogen-bond acceptors (Lipinski definition) is 3. The highest BCUT2D eigenvalue weighted by Gasteiger charge is 2.30. The van der Waals surface area contributed by atoms with Crippen molar-refractivity contribution in [2.45, 2.75) is 37.8 Å². The maximum absolute atomic E-state index is 13.9. The van der Waals surface area contributed by atoms with Crippen molar-refractivity contribution < 1.29 is 9.50 Å². The normalized spacial score (nSPS) is 17.2. The third-order valence-electron chi connectivity index (χ3n) is 4.13. The Morgan fingerprint density at radius 3 is 2.76 bits per heavy atom. The molecular formula is C17H20FNOS. The molecule has 1 aromatic heterocycles. The van der Waals surface area contributed by atoms with E-state index in [1.54, 1.807) is 17.4 Å². The molecule has 21 heavy (non-hydrogen) atoms. The number of hydrogen-bond donors (Lipinski definition) is 2. The Bertz CT molecular complexity index is 591. The maximum atomic E-state index is 13.9. The Labute approximate surface area is 128 Å². The van der Waals surface area contributed by atoms with Crippen LogP contribution in [0.3, 0.4) is 0 Å². The van der Waals surface area contributed by atoms with Gasteiger partial charge in [-0.05, 0) is 42.0 Å². The molecule has 0 radical (unpaired) electrons. The number of nitrogens with one attached hydrogen (secondary N) is 1. The third kappa shape index (κ3) is 3.51. The van der Waals surface area contributed by atoms with Gasteiger partial charge < -0.3 is 10.4 Å². The molecule has 1 aliphatic rings. The third-order valence-corrected chi connectivity index (χ3v) is 5.04. The van der Waals surface area contributed by atoms with Gasteiger partial charge in [-0.2, -0.15) is 0 Å². The molecule has 0 atom stereocenters. The molecule has 1 heterocycles. The standard InChI is InChI=1S/C17H20FNOS/c18-15-6-5-13(10-14(15)16-4-3-9-21-16)11-19-12-17(20)7-1-2-8-17/h3-6,9-10,19-20H,1-2,7-8,11-12H2. The summed E-state index contributed by atoms with van der Waals surface area (Å²) in [6, 6.07) is 9.09. The van der Waals surface area contributed by atoms with Crippen LogP contribution in [0, 0.1) is 5.82 Å². The van der Waals surface area contributed by atoms with Crippen molar-refractivity contribution >= 4 is 11.3 Å². The van der Waals surface area contributed by atoms with Gasteiger partial charge in [0.15, 0.2) is 0 Å². The molecule has 0 aliphatic heterocycles. The fourth-order valence-corrected chi connectivity index (χ4v) is 3.70. The lowest BCUT2D eigenvalue weighted by atomic mass is 10.0. The highest BCUT2D eigenvalue weighted by Crippen LogP contribution is 2.29. The molecular weight excluding hydrogens is 285 g/mol. The summed E-state index contributed by atoms with van der Waals surface area (Å²) in [6.07, 6.45) is 3.97. The Balaban J connectivity index is 1.65. The number of halogens is 1. The minimum atomic E-state index is -0.545. The smallest absolute Gasteiger partial charge is 0.131 e. The van der Waals surface area contributed by atoms with E-state index in [0.29, 0.717) is 18.7 Å². The molecule has 2 N–H and O–H groups in total. The summed E-state index contributed by atoms with van der Waals surface area (Å²) in [5, 5.41) is 15.6. The van der Waals surface area contributed by atoms with Crippen LogP contribution in [0.2, 0.25) is 0 Å². The number of thiophene rings is 1. The molecule has 1 saturated carbocycles. The molecule has 2 aromatic rings. The Hall–Kier alpha value is -1.23. The number of benzene rings is 1. The van der Waals surface area contributed by atoms with E-state index in [1.807, 2.05) is 23.6 Å². The second kappa shape index (κ2) is 6.26. The van der Waals surface area contributed by atoms with Crippen molar-refractivity contribution in [3.63, 3.8) is 0 Å². The predicted molar refractivity (Wildman–Crippen MR) is 84.8 cm³/mol.